The topological polar surface area (TPSA) is 96.9 Å². The first kappa shape index (κ1) is 23.3. The second-order valence-corrected chi connectivity index (χ2v) is 7.45. The number of carbonyl (C=O) groups excluding carboxylic acids is 3. The van der Waals surface area contributed by atoms with Crippen LogP contribution in [0.3, 0.4) is 0 Å². The Morgan fingerprint density at radius 3 is 2.34 bits per heavy atom. The molecule has 2 amide bonds. The summed E-state index contributed by atoms with van der Waals surface area (Å²) in [6.45, 7) is 0. The number of nitrogens with zero attached hydrogens (tertiary/aromatic N) is 1. The van der Waals surface area contributed by atoms with Crippen LogP contribution in [0.5, 0.6) is 5.75 Å². The minimum absolute atomic E-state index is 0.115. The molecule has 3 aromatic rings. The summed E-state index contributed by atoms with van der Waals surface area (Å²) >= 11 is 17.7. The Balaban J connectivity index is 1.57. The summed E-state index contributed by atoms with van der Waals surface area (Å²) in [4.78, 5) is 36.1. The van der Waals surface area contributed by atoms with Crippen LogP contribution in [0, 0.1) is 0 Å². The fraction of sp³-hybridized carbons (Fsp3) is 0. The zero-order valence-corrected chi connectivity index (χ0v) is 18.4. The number of amides is 2. The van der Waals surface area contributed by atoms with Gasteiger partial charge in [-0.3, -0.25) is 9.59 Å². The summed E-state index contributed by atoms with van der Waals surface area (Å²) < 4.78 is 5.32. The molecule has 0 heterocycles. The third-order valence-electron chi connectivity index (χ3n) is 3.93. The summed E-state index contributed by atoms with van der Waals surface area (Å²) in [7, 11) is 0. The van der Waals surface area contributed by atoms with Gasteiger partial charge in [-0.2, -0.15) is 5.10 Å². The molecule has 0 saturated heterocycles. The Bertz CT molecular complexity index is 1200. The van der Waals surface area contributed by atoms with Gasteiger partial charge in [0.1, 0.15) is 5.75 Å². The largest absolute Gasteiger partial charge is 0.423 e. The Kier molecular flexibility index (Phi) is 7.83. The number of carbonyl (C=O) groups is 3. The Morgan fingerprint density at radius 2 is 1.59 bits per heavy atom. The number of nitrogens with one attached hydrogen (secondary N) is 2. The van der Waals surface area contributed by atoms with Crippen LogP contribution in [0.1, 0.15) is 15.9 Å². The molecule has 0 aromatic heterocycles. The van der Waals surface area contributed by atoms with E-state index < -0.39 is 17.8 Å². The van der Waals surface area contributed by atoms with Crippen molar-refractivity contribution in [3.8, 4) is 5.75 Å². The van der Waals surface area contributed by atoms with Crippen LogP contribution in [-0.4, -0.2) is 24.0 Å². The monoisotopic (exact) mass is 489 g/mol. The van der Waals surface area contributed by atoms with Gasteiger partial charge in [0, 0.05) is 5.02 Å². The maximum Gasteiger partial charge on any atom is 0.343 e. The van der Waals surface area contributed by atoms with Crippen LogP contribution in [0.15, 0.2) is 71.8 Å². The van der Waals surface area contributed by atoms with E-state index in [0.717, 1.165) is 0 Å². The molecular weight excluding hydrogens is 477 g/mol. The summed E-state index contributed by atoms with van der Waals surface area (Å²) in [5.74, 6) is -2.27. The molecular formula is C22H14Cl3N3O4. The van der Waals surface area contributed by atoms with Crippen molar-refractivity contribution < 1.29 is 19.1 Å². The van der Waals surface area contributed by atoms with E-state index in [1.807, 2.05) is 0 Å². The summed E-state index contributed by atoms with van der Waals surface area (Å²) in [5, 5.41) is 6.93. The number of ether oxygens (including phenoxy) is 1. The van der Waals surface area contributed by atoms with Crippen LogP contribution in [0.25, 0.3) is 0 Å². The normalized spacial score (nSPS) is 10.6. The van der Waals surface area contributed by atoms with Crippen molar-refractivity contribution in [3.63, 3.8) is 0 Å². The smallest absolute Gasteiger partial charge is 0.343 e. The van der Waals surface area contributed by atoms with Gasteiger partial charge in [0.15, 0.2) is 0 Å². The van der Waals surface area contributed by atoms with Crippen molar-refractivity contribution >= 4 is 64.5 Å². The lowest BCUT2D eigenvalue weighted by molar-refractivity contribution is -0.136. The minimum atomic E-state index is -1.01. The van der Waals surface area contributed by atoms with Gasteiger partial charge in [0.2, 0.25) is 0 Å². The summed E-state index contributed by atoms with van der Waals surface area (Å²) in [6, 6.07) is 17.3. The van der Waals surface area contributed by atoms with Crippen molar-refractivity contribution in [2.75, 3.05) is 5.32 Å². The van der Waals surface area contributed by atoms with E-state index in [9.17, 15) is 14.4 Å². The third-order valence-corrected chi connectivity index (χ3v) is 5.01. The quantitative estimate of drug-likeness (QED) is 0.174. The molecule has 32 heavy (non-hydrogen) atoms. The Morgan fingerprint density at radius 1 is 0.875 bits per heavy atom. The van der Waals surface area contributed by atoms with Gasteiger partial charge in [-0.1, -0.05) is 53.0 Å². The molecule has 10 heteroatoms. The zero-order valence-electron chi connectivity index (χ0n) is 16.1. The van der Waals surface area contributed by atoms with Crippen LogP contribution < -0.4 is 15.5 Å². The predicted molar refractivity (Wildman–Crippen MR) is 124 cm³/mol. The lowest BCUT2D eigenvalue weighted by atomic mass is 10.2. The van der Waals surface area contributed by atoms with E-state index in [2.05, 4.69) is 15.8 Å². The second kappa shape index (κ2) is 10.8. The van der Waals surface area contributed by atoms with Crippen molar-refractivity contribution in [2.24, 2.45) is 5.10 Å². The maximum absolute atomic E-state index is 12.2. The number of anilines is 1. The maximum atomic E-state index is 12.2. The van der Waals surface area contributed by atoms with Crippen LogP contribution in [0.2, 0.25) is 15.1 Å². The summed E-state index contributed by atoms with van der Waals surface area (Å²) in [5.41, 5.74) is 3.15. The molecule has 7 nitrogen and oxygen atoms in total. The molecule has 0 atom stereocenters. The first-order chi connectivity index (χ1) is 15.3. The van der Waals surface area contributed by atoms with Crippen LogP contribution >= 0.6 is 34.8 Å². The first-order valence-corrected chi connectivity index (χ1v) is 10.1. The molecule has 0 unspecified atom stereocenters. The van der Waals surface area contributed by atoms with Gasteiger partial charge in [-0.05, 0) is 54.1 Å². The summed E-state index contributed by atoms with van der Waals surface area (Å²) in [6.07, 6.45) is 1.29. The molecule has 0 aliphatic carbocycles. The predicted octanol–water partition coefficient (Wildman–Crippen LogP) is 4.95. The molecule has 0 spiro atoms. The molecule has 3 aromatic carbocycles. The van der Waals surface area contributed by atoms with Gasteiger partial charge in [-0.25, -0.2) is 10.2 Å². The van der Waals surface area contributed by atoms with E-state index in [1.165, 1.54) is 18.3 Å². The Labute approximate surface area is 197 Å². The highest BCUT2D eigenvalue weighted by Crippen LogP contribution is 2.29. The number of esters is 1. The number of rotatable bonds is 5. The van der Waals surface area contributed by atoms with Gasteiger partial charge < -0.3 is 10.1 Å². The molecule has 3 rings (SSSR count). The van der Waals surface area contributed by atoms with E-state index >= 15 is 0 Å². The molecule has 2 N–H and O–H groups in total. The van der Waals surface area contributed by atoms with E-state index in [-0.39, 0.29) is 21.5 Å². The second-order valence-electron chi connectivity index (χ2n) is 6.22. The lowest BCUT2D eigenvalue weighted by Gasteiger charge is -2.07. The highest BCUT2D eigenvalue weighted by Gasteiger charge is 2.15. The van der Waals surface area contributed by atoms with Crippen molar-refractivity contribution in [1.29, 1.82) is 0 Å². The fourth-order valence-corrected chi connectivity index (χ4v) is 2.88. The molecule has 162 valence electrons. The molecule has 0 aliphatic heterocycles. The molecule has 0 bridgehead atoms. The van der Waals surface area contributed by atoms with Gasteiger partial charge >= 0.3 is 17.8 Å². The number of hydrazone groups is 1. The van der Waals surface area contributed by atoms with E-state index in [4.69, 9.17) is 39.5 Å². The molecule has 0 fully saturated rings. The third kappa shape index (κ3) is 6.31. The van der Waals surface area contributed by atoms with Crippen LogP contribution in [0.4, 0.5) is 5.69 Å². The molecule has 0 saturated carbocycles. The average molecular weight is 491 g/mol. The standard InChI is InChI=1S/C22H14Cl3N3O4/c23-15-9-7-14(8-10-15)22(31)32-16-4-1-3-13(11-16)12-26-28-21(30)20(29)27-18-6-2-5-17(24)19(18)25/h1-12H,(H,27,29)(H,28,30)/b26-12-. The number of benzene rings is 3. The highest BCUT2D eigenvalue weighted by molar-refractivity contribution is 6.45. The van der Waals surface area contributed by atoms with Crippen LogP contribution in [-0.2, 0) is 9.59 Å². The number of halogens is 3. The first-order valence-electron chi connectivity index (χ1n) is 8.99. The molecule has 0 aliphatic rings. The SMILES string of the molecule is O=C(N/N=C\c1cccc(OC(=O)c2ccc(Cl)cc2)c1)C(=O)Nc1cccc(Cl)c1Cl. The van der Waals surface area contributed by atoms with Gasteiger partial charge in [0.05, 0.1) is 27.5 Å². The lowest BCUT2D eigenvalue weighted by Crippen LogP contribution is -2.32. The van der Waals surface area contributed by atoms with Crippen molar-refractivity contribution in [3.05, 3.63) is 92.9 Å². The van der Waals surface area contributed by atoms with Gasteiger partial charge in [0.25, 0.3) is 0 Å². The number of hydrogen-bond acceptors (Lipinski definition) is 5. The number of hydrogen-bond donors (Lipinski definition) is 2. The van der Waals surface area contributed by atoms with Crippen molar-refractivity contribution in [2.45, 2.75) is 0 Å². The molecule has 0 radical (unpaired) electrons. The fourth-order valence-electron chi connectivity index (χ4n) is 2.41. The van der Waals surface area contributed by atoms with E-state index in [0.29, 0.717) is 16.1 Å². The highest BCUT2D eigenvalue weighted by atomic mass is 35.5. The zero-order chi connectivity index (χ0) is 23.1. The minimum Gasteiger partial charge on any atom is -0.423 e. The van der Waals surface area contributed by atoms with E-state index in [1.54, 1.807) is 54.6 Å². The van der Waals surface area contributed by atoms with Crippen molar-refractivity contribution in [1.82, 2.24) is 5.43 Å². The average Bonchev–Trinajstić information content (AvgIpc) is 2.77. The van der Waals surface area contributed by atoms with Gasteiger partial charge in [-0.15, -0.1) is 0 Å². The Hall–Kier alpha value is -3.39.